The fraction of sp³-hybridized carbons (Fsp3) is 0.636. The second kappa shape index (κ2) is 12.2. The molecule has 0 radical (unpaired) electrons. The molecule has 0 saturated heterocycles. The Hall–Kier alpha value is -2.56. The molecule has 1 aromatic rings. The highest BCUT2D eigenvalue weighted by molar-refractivity contribution is 7.89. The van der Waals surface area contributed by atoms with Crippen LogP contribution in [-0.2, 0) is 10.0 Å². The molecule has 0 atom stereocenters. The van der Waals surface area contributed by atoms with Crippen LogP contribution < -0.4 is 4.74 Å². The van der Waals surface area contributed by atoms with Gasteiger partial charge in [-0.15, -0.1) is 0 Å². The molecule has 45 heavy (non-hydrogen) atoms. The highest BCUT2D eigenvalue weighted by Gasteiger charge is 2.88. The van der Waals surface area contributed by atoms with E-state index >= 15 is 0 Å². The Morgan fingerprint density at radius 3 is 1.33 bits per heavy atom. The van der Waals surface area contributed by atoms with E-state index in [-0.39, 0.29) is 37.2 Å². The lowest BCUT2D eigenvalue weighted by molar-refractivity contribution is -0.870. The van der Waals surface area contributed by atoms with Gasteiger partial charge in [0.1, 0.15) is 5.75 Å². The lowest BCUT2D eigenvalue weighted by Gasteiger charge is -2.41. The van der Waals surface area contributed by atoms with E-state index in [1.807, 2.05) is 0 Å². The fourth-order valence-electron chi connectivity index (χ4n) is 3.55. The smallest absolute Gasteiger partial charge is 0.449 e. The van der Waals surface area contributed by atoms with Crippen LogP contribution in [0.5, 0.6) is 5.75 Å². The van der Waals surface area contributed by atoms with Crippen molar-refractivity contribution in [2.24, 2.45) is 0 Å². The number of nitrogens with zero attached hydrogens (tertiary/aromatic N) is 2. The van der Waals surface area contributed by atoms with Gasteiger partial charge in [-0.1, -0.05) is 0 Å². The molecular weight excluding hydrogens is 695 g/mol. The predicted molar refractivity (Wildman–Crippen MR) is 119 cm³/mol. The zero-order chi connectivity index (χ0) is 36.0. The normalized spacial score (nSPS) is 15.0. The summed E-state index contributed by atoms with van der Waals surface area (Å²) in [6.07, 6.45) is -39.6. The summed E-state index contributed by atoms with van der Waals surface area (Å²) in [5.74, 6) is -6.53. The first kappa shape index (κ1) is 40.5. The average Bonchev–Trinajstić information content (AvgIpc) is 2.79. The Balaban J connectivity index is 4.07. The van der Waals surface area contributed by atoms with E-state index < -0.39 is 74.2 Å². The van der Waals surface area contributed by atoms with Gasteiger partial charge in [0.2, 0.25) is 15.8 Å². The minimum Gasteiger partial charge on any atom is -0.452 e. The number of allylic oxidation sites excluding steroid dienone is 2. The third kappa shape index (κ3) is 8.24. The first-order chi connectivity index (χ1) is 19.6. The van der Waals surface area contributed by atoms with Gasteiger partial charge >= 0.3 is 42.2 Å². The molecular formula is C22H22F17N2O3S+. The van der Waals surface area contributed by atoms with Crippen molar-refractivity contribution in [1.82, 2.24) is 4.31 Å². The first-order valence-electron chi connectivity index (χ1n) is 11.6. The summed E-state index contributed by atoms with van der Waals surface area (Å²) in [6, 6.07) is 0.415. The molecule has 0 spiro atoms. The summed E-state index contributed by atoms with van der Waals surface area (Å²) in [7, 11) is 1.70. The van der Waals surface area contributed by atoms with E-state index in [1.165, 1.54) is 0 Å². The second-order valence-electron chi connectivity index (χ2n) is 10.3. The molecule has 0 amide bonds. The third-order valence-corrected chi connectivity index (χ3v) is 7.66. The largest absolute Gasteiger partial charge is 0.452 e. The third-order valence-electron chi connectivity index (χ3n) is 5.79. The lowest BCUT2D eigenvalue weighted by atomic mass is 9.79. The van der Waals surface area contributed by atoms with E-state index in [4.69, 9.17) is 0 Å². The van der Waals surface area contributed by atoms with Crippen molar-refractivity contribution in [3.63, 3.8) is 0 Å². The molecule has 23 heteroatoms. The number of quaternary nitrogens is 1. The van der Waals surface area contributed by atoms with E-state index in [9.17, 15) is 83.1 Å². The molecule has 0 N–H and O–H groups in total. The Morgan fingerprint density at radius 1 is 0.689 bits per heavy atom. The van der Waals surface area contributed by atoms with Crippen LogP contribution >= 0.6 is 0 Å². The van der Waals surface area contributed by atoms with Gasteiger partial charge in [-0.2, -0.15) is 65.9 Å². The molecule has 0 saturated carbocycles. The molecule has 0 aliphatic rings. The van der Waals surface area contributed by atoms with Gasteiger partial charge < -0.3 is 9.22 Å². The number of benzene rings is 1. The van der Waals surface area contributed by atoms with Crippen LogP contribution in [0.15, 0.2) is 40.5 Å². The molecule has 0 aliphatic carbocycles. The van der Waals surface area contributed by atoms with Gasteiger partial charge in [0.15, 0.2) is 0 Å². The molecule has 0 bridgehead atoms. The first-order valence-corrected chi connectivity index (χ1v) is 13.0. The maximum Gasteiger partial charge on any atom is 0.449 e. The molecule has 262 valence electrons. The summed E-state index contributed by atoms with van der Waals surface area (Å²) in [4.78, 5) is -0.865. The molecule has 0 aromatic heterocycles. The van der Waals surface area contributed by atoms with Gasteiger partial charge in [-0.25, -0.2) is 21.5 Å². The van der Waals surface area contributed by atoms with Crippen molar-refractivity contribution in [1.29, 1.82) is 0 Å². The van der Waals surface area contributed by atoms with Crippen molar-refractivity contribution < 1.29 is 92.3 Å². The van der Waals surface area contributed by atoms with Crippen LogP contribution in [0.25, 0.3) is 0 Å². The molecule has 0 unspecified atom stereocenters. The van der Waals surface area contributed by atoms with Crippen molar-refractivity contribution in [2.75, 3.05) is 41.3 Å². The highest BCUT2D eigenvalue weighted by Crippen LogP contribution is 2.63. The summed E-state index contributed by atoms with van der Waals surface area (Å²) in [5, 5.41) is 0. The summed E-state index contributed by atoms with van der Waals surface area (Å²) < 4.78 is 261. The van der Waals surface area contributed by atoms with Crippen molar-refractivity contribution in [2.45, 2.75) is 53.5 Å². The van der Waals surface area contributed by atoms with E-state index in [1.54, 1.807) is 21.1 Å². The Morgan fingerprint density at radius 2 is 1.04 bits per heavy atom. The van der Waals surface area contributed by atoms with Crippen molar-refractivity contribution in [3.8, 4) is 5.75 Å². The topological polar surface area (TPSA) is 46.6 Å². The minimum atomic E-state index is -8.32. The van der Waals surface area contributed by atoms with E-state index in [0.717, 1.165) is 7.05 Å². The monoisotopic (exact) mass is 717 g/mol. The van der Waals surface area contributed by atoms with Gasteiger partial charge in [0, 0.05) is 20.0 Å². The lowest BCUT2D eigenvalue weighted by Crippen LogP contribution is -2.67. The average molecular weight is 717 g/mol. The molecule has 0 aliphatic heterocycles. The Labute approximate surface area is 243 Å². The Bertz CT molecular complexity index is 1250. The summed E-state index contributed by atoms with van der Waals surface area (Å²) in [5.41, 5.74) is -22.2. The molecule has 1 aromatic carbocycles. The van der Waals surface area contributed by atoms with E-state index in [0.29, 0.717) is 15.3 Å². The maximum absolute atomic E-state index is 14.8. The van der Waals surface area contributed by atoms with Gasteiger partial charge in [0.25, 0.3) is 0 Å². The van der Waals surface area contributed by atoms with Gasteiger partial charge in [-0.3, -0.25) is 0 Å². The number of alkyl halides is 17. The summed E-state index contributed by atoms with van der Waals surface area (Å²) >= 11 is 0. The van der Waals surface area contributed by atoms with Crippen LogP contribution in [0.3, 0.4) is 0 Å². The number of hydrogen-bond donors (Lipinski definition) is 0. The van der Waals surface area contributed by atoms with Gasteiger partial charge in [-0.05, 0) is 24.3 Å². The molecule has 1 rings (SSSR count). The molecule has 0 heterocycles. The van der Waals surface area contributed by atoms with Crippen LogP contribution in [-0.4, -0.2) is 101 Å². The van der Waals surface area contributed by atoms with Crippen molar-refractivity contribution in [3.05, 3.63) is 35.6 Å². The summed E-state index contributed by atoms with van der Waals surface area (Å²) in [6.45, 7) is 0.237. The number of halogens is 17. The predicted octanol–water partition coefficient (Wildman–Crippen LogP) is 7.26. The second-order valence-corrected chi connectivity index (χ2v) is 12.3. The van der Waals surface area contributed by atoms with E-state index in [2.05, 4.69) is 4.74 Å². The van der Waals surface area contributed by atoms with Crippen LogP contribution in [0.2, 0.25) is 0 Å². The number of rotatable bonds is 10. The highest BCUT2D eigenvalue weighted by atomic mass is 32.2. The Kier molecular flexibility index (Phi) is 11.0. The van der Waals surface area contributed by atoms with Crippen LogP contribution in [0.1, 0.15) is 6.42 Å². The SMILES string of the molecule is CN(CCC[N+](C)(C)C)S(=O)(=O)c1ccc(OC(=C(C(F)(C(F)(F)F)C(F)(F)F)C(F)(C(F)(F)F)C(F)(F)F)C(F)(F)F)cc1. The minimum absolute atomic E-state index is 0.0433. The fourth-order valence-corrected chi connectivity index (χ4v) is 4.76. The maximum atomic E-state index is 14.8. The van der Waals surface area contributed by atoms with Gasteiger partial charge in [0.05, 0.1) is 38.2 Å². The zero-order valence-electron chi connectivity index (χ0n) is 22.9. The zero-order valence-corrected chi connectivity index (χ0v) is 23.7. The standard InChI is InChI=1S/C22H22F17N2O3S/c1-40(10-5-11-41(2,3)4)45(42,43)13-8-6-12(7-9-13)44-15(18(25,26)27)14(16(23,19(28,29)30)20(31,32)33)17(24,21(34,35)36)22(37,38)39/h6-9H,5,10-11H2,1-4H3/q+1. The number of hydrogen-bond acceptors (Lipinski definition) is 3. The molecule has 0 fully saturated rings. The quantitative estimate of drug-likeness (QED) is 0.146. The molecule has 5 nitrogen and oxygen atoms in total. The van der Waals surface area contributed by atoms with Crippen molar-refractivity contribution >= 4 is 10.0 Å². The van der Waals surface area contributed by atoms with Crippen LogP contribution in [0.4, 0.5) is 74.6 Å². The van der Waals surface area contributed by atoms with Crippen LogP contribution in [0, 0.1) is 0 Å². The number of sulfonamides is 1. The number of ether oxygens (including phenoxy) is 1.